The van der Waals surface area contributed by atoms with Gasteiger partial charge < -0.3 is 5.73 Å². The van der Waals surface area contributed by atoms with Crippen LogP contribution < -0.4 is 5.73 Å². The first-order chi connectivity index (χ1) is 7.95. The Balaban J connectivity index is 2.19. The predicted octanol–water partition coefficient (Wildman–Crippen LogP) is 3.03. The zero-order valence-corrected chi connectivity index (χ0v) is 9.55. The highest BCUT2D eigenvalue weighted by Gasteiger charge is 2.41. The summed E-state index contributed by atoms with van der Waals surface area (Å²) in [7, 11) is 0. The van der Waals surface area contributed by atoms with E-state index in [1.165, 1.54) is 0 Å². The van der Waals surface area contributed by atoms with E-state index in [0.717, 1.165) is 11.1 Å². The van der Waals surface area contributed by atoms with Crippen molar-refractivity contribution < 1.29 is 8.78 Å². The molecule has 0 unspecified atom stereocenters. The van der Waals surface area contributed by atoms with E-state index >= 15 is 0 Å². The average Bonchev–Trinajstić information content (AvgIpc) is 2.34. The number of halogens is 2. The molecule has 1 aromatic rings. The summed E-state index contributed by atoms with van der Waals surface area (Å²) in [4.78, 5) is 0. The lowest BCUT2D eigenvalue weighted by Crippen LogP contribution is -2.43. The molecule has 0 atom stereocenters. The molecular formula is C14H15F2N. The third kappa shape index (κ3) is 2.48. The summed E-state index contributed by atoms with van der Waals surface area (Å²) in [6.07, 6.45) is 5.62. The van der Waals surface area contributed by atoms with Gasteiger partial charge in [0.05, 0.1) is 0 Å². The predicted molar refractivity (Wildman–Crippen MR) is 63.7 cm³/mol. The first-order valence-corrected chi connectivity index (χ1v) is 5.69. The van der Waals surface area contributed by atoms with Gasteiger partial charge in [-0.2, -0.15) is 0 Å². The van der Waals surface area contributed by atoms with Gasteiger partial charge >= 0.3 is 0 Å². The van der Waals surface area contributed by atoms with Crippen molar-refractivity contribution in [1.29, 1.82) is 0 Å². The minimum absolute atomic E-state index is 0.139. The monoisotopic (exact) mass is 235 g/mol. The third-order valence-corrected chi connectivity index (χ3v) is 3.50. The second kappa shape index (κ2) is 4.12. The molecule has 2 rings (SSSR count). The Morgan fingerprint density at radius 3 is 2.06 bits per heavy atom. The fourth-order valence-electron chi connectivity index (χ4n) is 2.25. The summed E-state index contributed by atoms with van der Waals surface area (Å²) in [5.41, 5.74) is 7.25. The van der Waals surface area contributed by atoms with Crippen molar-refractivity contribution >= 4 is 0 Å². The minimum Gasteiger partial charge on any atom is -0.321 e. The molecule has 0 heterocycles. The van der Waals surface area contributed by atoms with E-state index in [-0.39, 0.29) is 12.8 Å². The second-order valence-corrected chi connectivity index (χ2v) is 4.73. The SMILES string of the molecule is C#Cc1ccc(C2(N)CCC(F)(F)CC2)cc1. The van der Waals surface area contributed by atoms with Crippen LogP contribution >= 0.6 is 0 Å². The Bertz CT molecular complexity index is 432. The van der Waals surface area contributed by atoms with Gasteiger partial charge in [0.2, 0.25) is 5.92 Å². The van der Waals surface area contributed by atoms with Gasteiger partial charge in [0.1, 0.15) is 0 Å². The molecule has 0 aliphatic heterocycles. The van der Waals surface area contributed by atoms with Crippen molar-refractivity contribution in [1.82, 2.24) is 0 Å². The Kier molecular flexibility index (Phi) is 2.92. The number of hydrogen-bond donors (Lipinski definition) is 1. The zero-order valence-electron chi connectivity index (χ0n) is 9.55. The van der Waals surface area contributed by atoms with Crippen LogP contribution in [-0.4, -0.2) is 5.92 Å². The largest absolute Gasteiger partial charge is 0.321 e. The molecule has 1 aliphatic carbocycles. The Hall–Kier alpha value is -1.40. The molecular weight excluding hydrogens is 220 g/mol. The van der Waals surface area contributed by atoms with Crippen LogP contribution in [0.2, 0.25) is 0 Å². The van der Waals surface area contributed by atoms with Crippen LogP contribution in [0.15, 0.2) is 24.3 Å². The highest BCUT2D eigenvalue weighted by molar-refractivity contribution is 5.36. The van der Waals surface area contributed by atoms with Crippen molar-refractivity contribution in [2.45, 2.75) is 37.1 Å². The summed E-state index contributed by atoms with van der Waals surface area (Å²) in [5.74, 6) is -0.0321. The van der Waals surface area contributed by atoms with E-state index in [4.69, 9.17) is 12.2 Å². The second-order valence-electron chi connectivity index (χ2n) is 4.73. The minimum atomic E-state index is -2.55. The summed E-state index contributed by atoms with van der Waals surface area (Å²) in [6, 6.07) is 7.30. The van der Waals surface area contributed by atoms with Crippen molar-refractivity contribution in [2.75, 3.05) is 0 Å². The van der Waals surface area contributed by atoms with Crippen molar-refractivity contribution in [2.24, 2.45) is 5.73 Å². The van der Waals surface area contributed by atoms with Gasteiger partial charge in [0.25, 0.3) is 0 Å². The molecule has 17 heavy (non-hydrogen) atoms. The van der Waals surface area contributed by atoms with Crippen LogP contribution in [0.4, 0.5) is 8.78 Å². The van der Waals surface area contributed by atoms with E-state index in [1.54, 1.807) is 12.1 Å². The molecule has 2 N–H and O–H groups in total. The molecule has 1 aromatic carbocycles. The number of terminal acetylenes is 1. The van der Waals surface area contributed by atoms with Gasteiger partial charge in [-0.15, -0.1) is 6.42 Å². The van der Waals surface area contributed by atoms with Crippen molar-refractivity contribution in [3.05, 3.63) is 35.4 Å². The van der Waals surface area contributed by atoms with E-state index in [0.29, 0.717) is 12.8 Å². The first kappa shape index (κ1) is 12.1. The lowest BCUT2D eigenvalue weighted by molar-refractivity contribution is -0.0514. The third-order valence-electron chi connectivity index (χ3n) is 3.50. The quantitative estimate of drug-likeness (QED) is 0.744. The maximum atomic E-state index is 13.1. The van der Waals surface area contributed by atoms with Gasteiger partial charge in [0, 0.05) is 23.9 Å². The molecule has 0 bridgehead atoms. The van der Waals surface area contributed by atoms with Crippen LogP contribution in [0.1, 0.15) is 36.8 Å². The van der Waals surface area contributed by atoms with E-state index < -0.39 is 11.5 Å². The average molecular weight is 235 g/mol. The Morgan fingerprint density at radius 2 is 1.59 bits per heavy atom. The topological polar surface area (TPSA) is 26.0 Å². The number of alkyl halides is 2. The lowest BCUT2D eigenvalue weighted by Gasteiger charge is -2.37. The smallest absolute Gasteiger partial charge is 0.248 e. The van der Waals surface area contributed by atoms with Gasteiger partial charge in [-0.3, -0.25) is 0 Å². The Morgan fingerprint density at radius 1 is 1.06 bits per heavy atom. The van der Waals surface area contributed by atoms with E-state index in [9.17, 15) is 8.78 Å². The van der Waals surface area contributed by atoms with Gasteiger partial charge in [-0.05, 0) is 30.5 Å². The zero-order chi connectivity index (χ0) is 12.5. The number of rotatable bonds is 1. The summed E-state index contributed by atoms with van der Waals surface area (Å²) in [5, 5.41) is 0. The lowest BCUT2D eigenvalue weighted by atomic mass is 9.76. The molecule has 0 amide bonds. The van der Waals surface area contributed by atoms with E-state index in [1.807, 2.05) is 12.1 Å². The Labute approximate surface area is 100 Å². The number of nitrogens with two attached hydrogens (primary N) is 1. The molecule has 90 valence electrons. The molecule has 1 fully saturated rings. The van der Waals surface area contributed by atoms with Crippen molar-refractivity contribution in [3.8, 4) is 12.3 Å². The first-order valence-electron chi connectivity index (χ1n) is 5.69. The molecule has 0 aromatic heterocycles. The van der Waals surface area contributed by atoms with Crippen LogP contribution in [0.25, 0.3) is 0 Å². The molecule has 1 aliphatic rings. The standard InChI is InChI=1S/C14H15F2N/c1-2-11-3-5-12(6-4-11)13(17)7-9-14(15,16)10-8-13/h1,3-6H,7-10,17H2. The number of benzene rings is 1. The summed E-state index contributed by atoms with van der Waals surface area (Å²) < 4.78 is 26.2. The van der Waals surface area contributed by atoms with Crippen LogP contribution in [0, 0.1) is 12.3 Å². The normalized spacial score (nSPS) is 21.8. The molecule has 0 spiro atoms. The van der Waals surface area contributed by atoms with Gasteiger partial charge in [-0.1, -0.05) is 18.1 Å². The highest BCUT2D eigenvalue weighted by Crippen LogP contribution is 2.42. The maximum absolute atomic E-state index is 13.1. The molecule has 1 saturated carbocycles. The number of hydrogen-bond acceptors (Lipinski definition) is 1. The van der Waals surface area contributed by atoms with Gasteiger partial charge in [0.15, 0.2) is 0 Å². The molecule has 0 radical (unpaired) electrons. The van der Waals surface area contributed by atoms with Gasteiger partial charge in [-0.25, -0.2) is 8.78 Å². The van der Waals surface area contributed by atoms with Crippen LogP contribution in [-0.2, 0) is 5.54 Å². The fraction of sp³-hybridized carbons (Fsp3) is 0.429. The molecule has 1 nitrogen and oxygen atoms in total. The van der Waals surface area contributed by atoms with Crippen LogP contribution in [0.3, 0.4) is 0 Å². The van der Waals surface area contributed by atoms with E-state index in [2.05, 4.69) is 5.92 Å². The molecule has 3 heteroatoms. The molecule has 0 saturated heterocycles. The highest BCUT2D eigenvalue weighted by atomic mass is 19.3. The summed E-state index contributed by atoms with van der Waals surface area (Å²) in [6.45, 7) is 0. The fourth-order valence-corrected chi connectivity index (χ4v) is 2.25. The van der Waals surface area contributed by atoms with Crippen LogP contribution in [0.5, 0.6) is 0 Å². The summed E-state index contributed by atoms with van der Waals surface area (Å²) >= 11 is 0. The maximum Gasteiger partial charge on any atom is 0.248 e. The van der Waals surface area contributed by atoms with Crippen molar-refractivity contribution in [3.63, 3.8) is 0 Å².